The molecule has 25 heavy (non-hydrogen) atoms. The Morgan fingerprint density at radius 1 is 0.960 bits per heavy atom. The van der Waals surface area contributed by atoms with Gasteiger partial charge >= 0.3 is 6.18 Å². The normalized spacial score (nSPS) is 11.3. The molecule has 0 spiro atoms. The van der Waals surface area contributed by atoms with Crippen molar-refractivity contribution in [3.63, 3.8) is 0 Å². The van der Waals surface area contributed by atoms with Crippen LogP contribution >= 0.6 is 12.2 Å². The highest BCUT2D eigenvalue weighted by Gasteiger charge is 2.31. The number of ether oxygens (including phenoxy) is 1. The van der Waals surface area contributed by atoms with Crippen LogP contribution in [0.3, 0.4) is 0 Å². The fourth-order valence-corrected chi connectivity index (χ4v) is 2.49. The summed E-state index contributed by atoms with van der Waals surface area (Å²) >= 11 is 4.73. The molecular weight excluding hydrogens is 349 g/mol. The standard InChI is InChI=1S/C18H13F3N2OS/c19-18(20,21)13-6-8-16(15(10-13)23-17(22)25)24-14-7-5-11-3-1-2-4-12(11)9-14/h1-10H,(H3,22,23,25). The van der Waals surface area contributed by atoms with E-state index in [9.17, 15) is 13.2 Å². The van der Waals surface area contributed by atoms with Crippen molar-refractivity contribution in [2.24, 2.45) is 5.73 Å². The van der Waals surface area contributed by atoms with Gasteiger partial charge in [0.25, 0.3) is 0 Å². The van der Waals surface area contributed by atoms with Crippen LogP contribution < -0.4 is 15.8 Å². The molecule has 0 aliphatic heterocycles. The Kier molecular flexibility index (Phi) is 4.50. The molecule has 0 aromatic heterocycles. The van der Waals surface area contributed by atoms with E-state index in [0.29, 0.717) is 5.75 Å². The van der Waals surface area contributed by atoms with Gasteiger partial charge in [-0.3, -0.25) is 0 Å². The van der Waals surface area contributed by atoms with E-state index >= 15 is 0 Å². The number of halogens is 3. The van der Waals surface area contributed by atoms with Crippen molar-refractivity contribution in [2.45, 2.75) is 6.18 Å². The Morgan fingerprint density at radius 2 is 1.68 bits per heavy atom. The second-order valence-corrected chi connectivity index (χ2v) is 5.75. The van der Waals surface area contributed by atoms with Crippen LogP contribution in [0.25, 0.3) is 10.8 Å². The maximum absolute atomic E-state index is 12.9. The van der Waals surface area contributed by atoms with E-state index < -0.39 is 11.7 Å². The minimum Gasteiger partial charge on any atom is -0.455 e. The molecule has 3 nitrogen and oxygen atoms in total. The lowest BCUT2D eigenvalue weighted by Gasteiger charge is -2.15. The Labute approximate surface area is 147 Å². The van der Waals surface area contributed by atoms with E-state index in [4.69, 9.17) is 22.7 Å². The SMILES string of the molecule is NC(=S)Nc1cc(C(F)(F)F)ccc1Oc1ccc2ccccc2c1. The van der Waals surface area contributed by atoms with E-state index in [1.807, 2.05) is 30.3 Å². The van der Waals surface area contributed by atoms with Crippen LogP contribution in [0, 0.1) is 0 Å². The highest BCUT2D eigenvalue weighted by atomic mass is 32.1. The third-order valence-corrected chi connectivity index (χ3v) is 3.62. The minimum absolute atomic E-state index is 0.0514. The number of alkyl halides is 3. The molecule has 0 amide bonds. The Hall–Kier alpha value is -2.80. The van der Waals surface area contributed by atoms with Crippen LogP contribution in [0.1, 0.15) is 5.56 Å². The van der Waals surface area contributed by atoms with Gasteiger partial charge in [0.05, 0.1) is 11.3 Å². The highest BCUT2D eigenvalue weighted by molar-refractivity contribution is 7.80. The summed E-state index contributed by atoms with van der Waals surface area (Å²) in [5.41, 5.74) is 4.63. The monoisotopic (exact) mass is 362 g/mol. The van der Waals surface area contributed by atoms with E-state index in [2.05, 4.69) is 5.32 Å². The van der Waals surface area contributed by atoms with E-state index in [1.165, 1.54) is 6.07 Å². The van der Waals surface area contributed by atoms with Crippen LogP contribution in [0.15, 0.2) is 60.7 Å². The molecule has 0 saturated carbocycles. The second kappa shape index (κ2) is 6.60. The first kappa shape index (κ1) is 17.0. The van der Waals surface area contributed by atoms with Gasteiger partial charge in [-0.1, -0.05) is 30.3 Å². The zero-order valence-electron chi connectivity index (χ0n) is 12.8. The van der Waals surface area contributed by atoms with Gasteiger partial charge in [0.15, 0.2) is 10.9 Å². The molecule has 0 saturated heterocycles. The van der Waals surface area contributed by atoms with Crippen molar-refractivity contribution in [1.29, 1.82) is 0 Å². The van der Waals surface area contributed by atoms with Gasteiger partial charge in [-0.15, -0.1) is 0 Å². The van der Waals surface area contributed by atoms with Crippen molar-refractivity contribution in [2.75, 3.05) is 5.32 Å². The van der Waals surface area contributed by atoms with Crippen LogP contribution in [-0.4, -0.2) is 5.11 Å². The van der Waals surface area contributed by atoms with E-state index in [-0.39, 0.29) is 16.5 Å². The van der Waals surface area contributed by atoms with E-state index in [1.54, 1.807) is 12.1 Å². The lowest BCUT2D eigenvalue weighted by Crippen LogP contribution is -2.19. The fourth-order valence-electron chi connectivity index (χ4n) is 2.38. The zero-order chi connectivity index (χ0) is 18.0. The van der Waals surface area contributed by atoms with Gasteiger partial charge in [-0.05, 0) is 53.3 Å². The largest absolute Gasteiger partial charge is 0.455 e. The van der Waals surface area contributed by atoms with Crippen LogP contribution in [0.4, 0.5) is 18.9 Å². The molecule has 0 bridgehead atoms. The predicted molar refractivity (Wildman–Crippen MR) is 95.9 cm³/mol. The molecule has 0 heterocycles. The highest BCUT2D eigenvalue weighted by Crippen LogP contribution is 2.37. The predicted octanol–water partition coefficient (Wildman–Crippen LogP) is 5.31. The number of rotatable bonds is 3. The average Bonchev–Trinajstić information content (AvgIpc) is 2.55. The van der Waals surface area contributed by atoms with Gasteiger partial charge in [0, 0.05) is 0 Å². The molecule has 3 N–H and O–H groups in total. The molecule has 128 valence electrons. The number of hydrogen-bond donors (Lipinski definition) is 2. The molecule has 0 atom stereocenters. The summed E-state index contributed by atoms with van der Waals surface area (Å²) in [6, 6.07) is 16.2. The van der Waals surface area contributed by atoms with Gasteiger partial charge in [0.1, 0.15) is 5.75 Å². The quantitative estimate of drug-likeness (QED) is 0.620. The molecule has 7 heteroatoms. The fraction of sp³-hybridized carbons (Fsp3) is 0.0556. The number of nitrogens with one attached hydrogen (secondary N) is 1. The number of anilines is 1. The summed E-state index contributed by atoms with van der Waals surface area (Å²) in [6.07, 6.45) is -4.48. The van der Waals surface area contributed by atoms with Gasteiger partial charge in [0.2, 0.25) is 0 Å². The number of benzene rings is 3. The van der Waals surface area contributed by atoms with Crippen molar-refractivity contribution >= 4 is 33.8 Å². The van der Waals surface area contributed by atoms with Crippen molar-refractivity contribution in [3.8, 4) is 11.5 Å². The zero-order valence-corrected chi connectivity index (χ0v) is 13.6. The molecule has 3 rings (SSSR count). The third-order valence-electron chi connectivity index (χ3n) is 3.51. The van der Waals surface area contributed by atoms with E-state index in [0.717, 1.165) is 22.9 Å². The number of nitrogens with two attached hydrogens (primary N) is 1. The maximum atomic E-state index is 12.9. The first-order valence-corrected chi connectivity index (χ1v) is 7.68. The molecular formula is C18H13F3N2OS. The Bertz CT molecular complexity index is 941. The first-order chi connectivity index (χ1) is 11.8. The first-order valence-electron chi connectivity index (χ1n) is 7.27. The molecule has 3 aromatic carbocycles. The molecule has 0 fully saturated rings. The van der Waals surface area contributed by atoms with Crippen molar-refractivity contribution in [1.82, 2.24) is 0 Å². The molecule has 0 unspecified atom stereocenters. The summed E-state index contributed by atoms with van der Waals surface area (Å²) in [4.78, 5) is 0. The van der Waals surface area contributed by atoms with Gasteiger partial charge in [-0.2, -0.15) is 13.2 Å². The summed E-state index contributed by atoms with van der Waals surface area (Å²) in [6.45, 7) is 0. The third kappa shape index (κ3) is 4.00. The van der Waals surface area contributed by atoms with Gasteiger partial charge < -0.3 is 15.8 Å². The summed E-state index contributed by atoms with van der Waals surface area (Å²) in [5.74, 6) is 0.681. The van der Waals surface area contributed by atoms with Crippen molar-refractivity contribution < 1.29 is 17.9 Å². The Morgan fingerprint density at radius 3 is 2.36 bits per heavy atom. The molecule has 0 aliphatic carbocycles. The molecule has 0 radical (unpaired) electrons. The summed E-state index contributed by atoms with van der Waals surface area (Å²) in [7, 11) is 0. The van der Waals surface area contributed by atoms with Crippen LogP contribution in [0.5, 0.6) is 11.5 Å². The number of fused-ring (bicyclic) bond motifs is 1. The average molecular weight is 362 g/mol. The second-order valence-electron chi connectivity index (χ2n) is 5.31. The lowest BCUT2D eigenvalue weighted by atomic mass is 10.1. The Balaban J connectivity index is 1.98. The smallest absolute Gasteiger partial charge is 0.416 e. The summed E-state index contributed by atoms with van der Waals surface area (Å²) < 4.78 is 44.5. The topological polar surface area (TPSA) is 47.3 Å². The van der Waals surface area contributed by atoms with Crippen LogP contribution in [-0.2, 0) is 6.18 Å². The van der Waals surface area contributed by atoms with Crippen LogP contribution in [0.2, 0.25) is 0 Å². The minimum atomic E-state index is -4.48. The molecule has 0 aliphatic rings. The number of thiocarbonyl (C=S) groups is 1. The number of hydrogen-bond acceptors (Lipinski definition) is 2. The molecule has 3 aromatic rings. The van der Waals surface area contributed by atoms with Crippen molar-refractivity contribution in [3.05, 3.63) is 66.2 Å². The summed E-state index contributed by atoms with van der Waals surface area (Å²) in [5, 5.41) is 4.36. The maximum Gasteiger partial charge on any atom is 0.416 e. The lowest BCUT2D eigenvalue weighted by molar-refractivity contribution is -0.137. The van der Waals surface area contributed by atoms with Gasteiger partial charge in [-0.25, -0.2) is 0 Å².